The van der Waals surface area contributed by atoms with E-state index < -0.39 is 49.6 Å². The first kappa shape index (κ1) is 16.7. The molecule has 11 heteroatoms. The van der Waals surface area contributed by atoms with E-state index in [9.17, 15) is 32.3 Å². The number of amides is 4. The Labute approximate surface area is 116 Å². The molecule has 0 saturated carbocycles. The van der Waals surface area contributed by atoms with Crippen molar-refractivity contribution in [3.63, 3.8) is 0 Å². The van der Waals surface area contributed by atoms with Gasteiger partial charge in [0.2, 0.25) is 5.91 Å². The van der Waals surface area contributed by atoms with Crippen LogP contribution in [-0.4, -0.2) is 83.0 Å². The van der Waals surface area contributed by atoms with Crippen LogP contribution in [-0.2, 0) is 14.4 Å². The maximum atomic E-state index is 12.3. The van der Waals surface area contributed by atoms with Crippen molar-refractivity contribution in [2.75, 3.05) is 33.2 Å². The molecule has 1 N–H and O–H groups in total. The Hall–Kier alpha value is -2.33. The lowest BCUT2D eigenvalue weighted by atomic mass is 10.4. The van der Waals surface area contributed by atoms with Gasteiger partial charge in [0.15, 0.2) is 0 Å². The summed E-state index contributed by atoms with van der Waals surface area (Å²) in [5.74, 6) is -3.64. The Morgan fingerprint density at radius 2 is 1.90 bits per heavy atom. The predicted octanol–water partition coefficient (Wildman–Crippen LogP) is -0.644. The van der Waals surface area contributed by atoms with Gasteiger partial charge in [0.05, 0.1) is 0 Å². The van der Waals surface area contributed by atoms with Gasteiger partial charge in [0.25, 0.3) is 5.91 Å². The smallest absolute Gasteiger partial charge is 0.406 e. The van der Waals surface area contributed by atoms with Gasteiger partial charge in [0.1, 0.15) is 26.2 Å². The average molecular weight is 311 g/mol. The topological polar surface area (TPSA) is 98.2 Å². The minimum Gasteiger partial charge on any atom is -0.480 e. The Kier molecular flexibility index (Phi) is 4.76. The summed E-state index contributed by atoms with van der Waals surface area (Å²) in [5.41, 5.74) is 0. The van der Waals surface area contributed by atoms with E-state index in [0.717, 1.165) is 4.90 Å². The number of carbonyl (C=O) groups excluding carboxylic acids is 3. The number of carbonyl (C=O) groups is 4. The van der Waals surface area contributed by atoms with Crippen LogP contribution in [0.2, 0.25) is 0 Å². The number of alkyl halides is 3. The lowest BCUT2D eigenvalue weighted by molar-refractivity contribution is -0.166. The molecular weight excluding hydrogens is 299 g/mol. The third-order valence-electron chi connectivity index (χ3n) is 2.57. The molecule has 118 valence electrons. The second kappa shape index (κ2) is 5.97. The third kappa shape index (κ3) is 4.61. The van der Waals surface area contributed by atoms with Gasteiger partial charge in [-0.1, -0.05) is 0 Å². The first-order valence-electron chi connectivity index (χ1n) is 5.63. The van der Waals surface area contributed by atoms with Crippen LogP contribution in [0.3, 0.4) is 0 Å². The number of aliphatic carboxylic acids is 1. The van der Waals surface area contributed by atoms with Crippen LogP contribution in [0.4, 0.5) is 18.0 Å². The molecule has 8 nitrogen and oxygen atoms in total. The number of urea groups is 1. The monoisotopic (exact) mass is 311 g/mol. The Morgan fingerprint density at radius 1 is 1.33 bits per heavy atom. The van der Waals surface area contributed by atoms with Crippen LogP contribution in [0.25, 0.3) is 0 Å². The molecule has 4 amide bonds. The van der Waals surface area contributed by atoms with Crippen molar-refractivity contribution in [3.05, 3.63) is 0 Å². The second-order valence-corrected chi connectivity index (χ2v) is 4.38. The van der Waals surface area contributed by atoms with Gasteiger partial charge in [-0.25, -0.2) is 4.79 Å². The Balaban J connectivity index is 2.79. The molecule has 1 heterocycles. The number of hydrogen-bond donors (Lipinski definition) is 1. The Morgan fingerprint density at radius 3 is 2.29 bits per heavy atom. The first-order chi connectivity index (χ1) is 9.51. The fourth-order valence-electron chi connectivity index (χ4n) is 1.67. The number of carboxylic acids is 1. The second-order valence-electron chi connectivity index (χ2n) is 4.38. The number of halogens is 3. The molecule has 0 aromatic carbocycles. The quantitative estimate of drug-likeness (QED) is 0.681. The molecule has 0 unspecified atom stereocenters. The highest BCUT2D eigenvalue weighted by atomic mass is 19.4. The summed E-state index contributed by atoms with van der Waals surface area (Å²) in [6.07, 6.45) is -4.79. The summed E-state index contributed by atoms with van der Waals surface area (Å²) in [7, 11) is 1.29. The summed E-state index contributed by atoms with van der Waals surface area (Å²) in [4.78, 5) is 46.6. The SMILES string of the molecule is CN1CC(=O)N(CC(=O)N(CC(=O)O)CC(F)(F)F)C1=O. The van der Waals surface area contributed by atoms with Crippen molar-refractivity contribution < 1.29 is 37.5 Å². The van der Waals surface area contributed by atoms with Crippen LogP contribution in [0.1, 0.15) is 0 Å². The van der Waals surface area contributed by atoms with Gasteiger partial charge in [-0.05, 0) is 0 Å². The van der Waals surface area contributed by atoms with Gasteiger partial charge >= 0.3 is 18.2 Å². The molecule has 1 rings (SSSR count). The standard InChI is InChI=1S/C10H12F3N3O5/c1-14-2-7(18)16(9(14)21)3-6(17)15(4-8(19)20)5-10(11,12)13/h2-5H2,1H3,(H,19,20). The van der Waals surface area contributed by atoms with E-state index in [1.807, 2.05) is 0 Å². The number of nitrogens with zero attached hydrogens (tertiary/aromatic N) is 3. The molecule has 0 aromatic rings. The predicted molar refractivity (Wildman–Crippen MR) is 60.0 cm³/mol. The highest BCUT2D eigenvalue weighted by Crippen LogP contribution is 2.17. The van der Waals surface area contributed by atoms with Crippen LogP contribution in [0.5, 0.6) is 0 Å². The lowest BCUT2D eigenvalue weighted by Gasteiger charge is -2.24. The zero-order chi connectivity index (χ0) is 16.4. The summed E-state index contributed by atoms with van der Waals surface area (Å²) in [5, 5.41) is 8.52. The summed E-state index contributed by atoms with van der Waals surface area (Å²) >= 11 is 0. The zero-order valence-corrected chi connectivity index (χ0v) is 10.9. The van der Waals surface area contributed by atoms with Crippen LogP contribution >= 0.6 is 0 Å². The minimum absolute atomic E-state index is 0.0290. The number of carboxylic acid groups (broad SMARTS) is 1. The van der Waals surface area contributed by atoms with E-state index in [4.69, 9.17) is 5.11 Å². The van der Waals surface area contributed by atoms with Crippen LogP contribution in [0, 0.1) is 0 Å². The lowest BCUT2D eigenvalue weighted by Crippen LogP contribution is -2.48. The fourth-order valence-corrected chi connectivity index (χ4v) is 1.67. The molecule has 0 aliphatic carbocycles. The van der Waals surface area contributed by atoms with Gasteiger partial charge in [0, 0.05) is 7.05 Å². The average Bonchev–Trinajstić information content (AvgIpc) is 2.52. The van der Waals surface area contributed by atoms with Crippen LogP contribution in [0.15, 0.2) is 0 Å². The minimum atomic E-state index is -4.79. The molecule has 0 spiro atoms. The zero-order valence-electron chi connectivity index (χ0n) is 10.9. The van der Waals surface area contributed by atoms with E-state index in [1.165, 1.54) is 7.05 Å². The highest BCUT2D eigenvalue weighted by Gasteiger charge is 2.38. The van der Waals surface area contributed by atoms with Gasteiger partial charge in [-0.15, -0.1) is 0 Å². The van der Waals surface area contributed by atoms with Gasteiger partial charge in [-0.2, -0.15) is 13.2 Å². The maximum absolute atomic E-state index is 12.3. The van der Waals surface area contributed by atoms with Crippen molar-refractivity contribution >= 4 is 23.8 Å². The normalized spacial score (nSPS) is 15.6. The number of likely N-dealkylation sites (N-methyl/N-ethyl adjacent to an activating group) is 1. The summed E-state index contributed by atoms with van der Waals surface area (Å²) in [6, 6.07) is -0.823. The molecule has 21 heavy (non-hydrogen) atoms. The van der Waals surface area contributed by atoms with E-state index >= 15 is 0 Å². The van der Waals surface area contributed by atoms with E-state index in [-0.39, 0.29) is 11.4 Å². The van der Waals surface area contributed by atoms with Gasteiger partial charge in [-0.3, -0.25) is 19.3 Å². The van der Waals surface area contributed by atoms with Crippen molar-refractivity contribution in [1.82, 2.24) is 14.7 Å². The third-order valence-corrected chi connectivity index (χ3v) is 2.57. The molecule has 0 aromatic heterocycles. The molecule has 0 bridgehead atoms. The van der Waals surface area contributed by atoms with Gasteiger partial charge < -0.3 is 14.9 Å². The fraction of sp³-hybridized carbons (Fsp3) is 0.600. The highest BCUT2D eigenvalue weighted by molar-refractivity contribution is 6.04. The molecule has 1 fully saturated rings. The molecule has 1 aliphatic rings. The van der Waals surface area contributed by atoms with E-state index in [2.05, 4.69) is 0 Å². The number of hydrogen-bond acceptors (Lipinski definition) is 4. The summed E-state index contributed by atoms with van der Waals surface area (Å²) < 4.78 is 36.9. The Bertz CT molecular complexity index is 479. The molecule has 0 atom stereocenters. The molecule has 1 saturated heterocycles. The number of rotatable bonds is 5. The van der Waals surface area contributed by atoms with Crippen LogP contribution < -0.4 is 0 Å². The molecular formula is C10H12F3N3O5. The van der Waals surface area contributed by atoms with E-state index in [0.29, 0.717) is 4.90 Å². The van der Waals surface area contributed by atoms with E-state index in [1.54, 1.807) is 0 Å². The van der Waals surface area contributed by atoms with Crippen molar-refractivity contribution in [1.29, 1.82) is 0 Å². The van der Waals surface area contributed by atoms with Crippen molar-refractivity contribution in [2.24, 2.45) is 0 Å². The maximum Gasteiger partial charge on any atom is 0.406 e. The molecule has 1 aliphatic heterocycles. The number of imide groups is 1. The first-order valence-corrected chi connectivity index (χ1v) is 5.63. The van der Waals surface area contributed by atoms with Crippen molar-refractivity contribution in [2.45, 2.75) is 6.18 Å². The summed E-state index contributed by atoms with van der Waals surface area (Å²) in [6.45, 7) is -4.16. The van der Waals surface area contributed by atoms with Crippen molar-refractivity contribution in [3.8, 4) is 0 Å². The largest absolute Gasteiger partial charge is 0.480 e. The molecule has 0 radical (unpaired) electrons.